The molecule has 0 radical (unpaired) electrons. The lowest BCUT2D eigenvalue weighted by molar-refractivity contribution is 0.104. The summed E-state index contributed by atoms with van der Waals surface area (Å²) >= 11 is 0. The number of pyridine rings is 1. The van der Waals surface area contributed by atoms with Crippen molar-refractivity contribution in [2.45, 2.75) is 32.2 Å². The van der Waals surface area contributed by atoms with Gasteiger partial charge in [0, 0.05) is 56.8 Å². The minimum absolute atomic E-state index is 0. The van der Waals surface area contributed by atoms with Crippen LogP contribution in [0.4, 0.5) is 5.69 Å². The van der Waals surface area contributed by atoms with Gasteiger partial charge in [0.05, 0.1) is 0 Å². The van der Waals surface area contributed by atoms with E-state index < -0.39 is 0 Å². The van der Waals surface area contributed by atoms with E-state index in [0.717, 1.165) is 19.1 Å². The predicted molar refractivity (Wildman–Crippen MR) is 120 cm³/mol. The van der Waals surface area contributed by atoms with Gasteiger partial charge in [0.2, 0.25) is 0 Å². The van der Waals surface area contributed by atoms with Gasteiger partial charge >= 0.3 is 0 Å². The van der Waals surface area contributed by atoms with Gasteiger partial charge in [-0.3, -0.25) is 9.88 Å². The third-order valence-corrected chi connectivity index (χ3v) is 6.28. The molecule has 1 aromatic carbocycles. The smallest absolute Gasteiger partial charge is 0.0427 e. The third kappa shape index (κ3) is 5.25. The molecule has 0 atom stereocenters. The zero-order valence-corrected chi connectivity index (χ0v) is 17.8. The molecular weight excluding hydrogens is 368 g/mol. The first kappa shape index (κ1) is 21.1. The Kier molecular flexibility index (Phi) is 7.72. The van der Waals surface area contributed by atoms with E-state index in [4.69, 9.17) is 0 Å². The summed E-state index contributed by atoms with van der Waals surface area (Å²) in [6.45, 7) is 10.5. The second-order valence-corrected chi connectivity index (χ2v) is 7.99. The fraction of sp³-hybridized carbons (Fsp3) is 0.522. The molecule has 3 heterocycles. The standard InChI is InChI=1S/C23H32N4.ClH/c1-20-19-24-11-7-23(20)27-17-15-26(16-18-27)22-9-13-25(14-10-22)12-8-21-5-3-2-4-6-21;/h2-7,11,19,22H,8-10,12-18H2,1H3;1H. The van der Waals surface area contributed by atoms with E-state index in [-0.39, 0.29) is 12.4 Å². The zero-order valence-electron chi connectivity index (χ0n) is 17.0. The minimum atomic E-state index is 0. The third-order valence-electron chi connectivity index (χ3n) is 6.28. The molecule has 0 bridgehead atoms. The predicted octanol–water partition coefficient (Wildman–Crippen LogP) is 3.64. The van der Waals surface area contributed by atoms with Crippen molar-refractivity contribution in [3.05, 3.63) is 59.9 Å². The molecule has 2 fully saturated rings. The van der Waals surface area contributed by atoms with E-state index in [0.29, 0.717) is 0 Å². The number of likely N-dealkylation sites (tertiary alicyclic amines) is 1. The molecule has 1 aromatic heterocycles. The highest BCUT2D eigenvalue weighted by atomic mass is 35.5. The molecule has 0 unspecified atom stereocenters. The number of aromatic nitrogens is 1. The number of hydrogen-bond acceptors (Lipinski definition) is 4. The maximum Gasteiger partial charge on any atom is 0.0427 e. The Morgan fingerprint density at radius 1 is 0.929 bits per heavy atom. The van der Waals surface area contributed by atoms with Crippen molar-refractivity contribution in [1.82, 2.24) is 14.8 Å². The summed E-state index contributed by atoms with van der Waals surface area (Å²) in [5.41, 5.74) is 4.11. The van der Waals surface area contributed by atoms with E-state index >= 15 is 0 Å². The zero-order chi connectivity index (χ0) is 18.5. The van der Waals surface area contributed by atoms with Gasteiger partial charge in [-0.1, -0.05) is 30.3 Å². The van der Waals surface area contributed by atoms with Crippen molar-refractivity contribution in [1.29, 1.82) is 0 Å². The van der Waals surface area contributed by atoms with Crippen molar-refractivity contribution < 1.29 is 0 Å². The van der Waals surface area contributed by atoms with Gasteiger partial charge in [0.25, 0.3) is 0 Å². The van der Waals surface area contributed by atoms with Gasteiger partial charge in [0.15, 0.2) is 0 Å². The van der Waals surface area contributed by atoms with Gasteiger partial charge in [-0.05, 0) is 56.5 Å². The molecule has 2 aliphatic rings. The molecule has 4 rings (SSSR count). The Morgan fingerprint density at radius 3 is 2.32 bits per heavy atom. The van der Waals surface area contributed by atoms with Gasteiger partial charge in [-0.2, -0.15) is 0 Å². The first-order valence-electron chi connectivity index (χ1n) is 10.5. The number of anilines is 1. The van der Waals surface area contributed by atoms with Crippen molar-refractivity contribution >= 4 is 18.1 Å². The summed E-state index contributed by atoms with van der Waals surface area (Å²) in [6.07, 6.45) is 7.72. The van der Waals surface area contributed by atoms with Crippen LogP contribution >= 0.6 is 12.4 Å². The molecule has 5 heteroatoms. The highest BCUT2D eigenvalue weighted by Crippen LogP contribution is 2.23. The Balaban J connectivity index is 0.00000225. The summed E-state index contributed by atoms with van der Waals surface area (Å²) in [4.78, 5) is 12.1. The Labute approximate surface area is 176 Å². The van der Waals surface area contributed by atoms with Crippen LogP contribution in [0, 0.1) is 6.92 Å². The molecule has 4 nitrogen and oxygen atoms in total. The number of piperidine rings is 1. The second kappa shape index (κ2) is 10.2. The number of rotatable bonds is 5. The van der Waals surface area contributed by atoms with Crippen LogP contribution in [0.5, 0.6) is 0 Å². The average molecular weight is 401 g/mol. The topological polar surface area (TPSA) is 22.6 Å². The molecule has 0 saturated carbocycles. The van der Waals surface area contributed by atoms with Crippen LogP contribution in [0.3, 0.4) is 0 Å². The van der Waals surface area contributed by atoms with Crippen molar-refractivity contribution in [2.75, 3.05) is 50.7 Å². The molecular formula is C23H33ClN4. The normalized spacial score (nSPS) is 19.4. The average Bonchev–Trinajstić information content (AvgIpc) is 2.74. The highest BCUT2D eigenvalue weighted by molar-refractivity contribution is 5.85. The van der Waals surface area contributed by atoms with Crippen LogP contribution in [0.2, 0.25) is 0 Å². The van der Waals surface area contributed by atoms with Crippen LogP contribution in [0.1, 0.15) is 24.0 Å². The van der Waals surface area contributed by atoms with Crippen molar-refractivity contribution in [3.8, 4) is 0 Å². The monoisotopic (exact) mass is 400 g/mol. The number of benzene rings is 1. The minimum Gasteiger partial charge on any atom is -0.369 e. The van der Waals surface area contributed by atoms with E-state index in [1.54, 1.807) is 0 Å². The van der Waals surface area contributed by atoms with E-state index in [1.807, 2.05) is 12.4 Å². The van der Waals surface area contributed by atoms with Crippen LogP contribution < -0.4 is 4.90 Å². The van der Waals surface area contributed by atoms with E-state index in [2.05, 4.69) is 63.0 Å². The summed E-state index contributed by atoms with van der Waals surface area (Å²) in [5, 5.41) is 0. The fourth-order valence-corrected chi connectivity index (χ4v) is 4.59. The number of halogens is 1. The molecule has 0 spiro atoms. The first-order valence-corrected chi connectivity index (χ1v) is 10.5. The molecule has 0 N–H and O–H groups in total. The lowest BCUT2D eigenvalue weighted by atomic mass is 10.0. The summed E-state index contributed by atoms with van der Waals surface area (Å²) in [6, 6.07) is 13.8. The van der Waals surface area contributed by atoms with Gasteiger partial charge in [-0.15, -0.1) is 12.4 Å². The lowest BCUT2D eigenvalue weighted by Crippen LogP contribution is -2.53. The molecule has 0 aliphatic carbocycles. The molecule has 28 heavy (non-hydrogen) atoms. The van der Waals surface area contributed by atoms with E-state index in [1.165, 1.54) is 68.8 Å². The highest BCUT2D eigenvalue weighted by Gasteiger charge is 2.27. The number of piperazine rings is 1. The molecule has 2 saturated heterocycles. The second-order valence-electron chi connectivity index (χ2n) is 7.99. The maximum atomic E-state index is 4.23. The van der Waals surface area contributed by atoms with Gasteiger partial charge in [-0.25, -0.2) is 0 Å². The number of nitrogens with zero attached hydrogens (tertiary/aromatic N) is 4. The molecule has 2 aromatic rings. The van der Waals surface area contributed by atoms with Crippen LogP contribution in [-0.2, 0) is 6.42 Å². The largest absolute Gasteiger partial charge is 0.369 e. The Morgan fingerprint density at radius 2 is 1.64 bits per heavy atom. The summed E-state index contributed by atoms with van der Waals surface area (Å²) in [7, 11) is 0. The number of aryl methyl sites for hydroxylation is 1. The Hall–Kier alpha value is -1.62. The molecule has 152 valence electrons. The van der Waals surface area contributed by atoms with Crippen LogP contribution in [0.15, 0.2) is 48.8 Å². The quantitative estimate of drug-likeness (QED) is 0.764. The SMILES string of the molecule is Cc1cnccc1N1CCN(C2CCN(CCc3ccccc3)CC2)CC1.Cl. The maximum absolute atomic E-state index is 4.23. The van der Waals surface area contributed by atoms with Gasteiger partial charge < -0.3 is 9.80 Å². The van der Waals surface area contributed by atoms with E-state index in [9.17, 15) is 0 Å². The first-order chi connectivity index (χ1) is 13.3. The summed E-state index contributed by atoms with van der Waals surface area (Å²) in [5.74, 6) is 0. The van der Waals surface area contributed by atoms with Crippen LogP contribution in [0.25, 0.3) is 0 Å². The van der Waals surface area contributed by atoms with Crippen molar-refractivity contribution in [3.63, 3.8) is 0 Å². The van der Waals surface area contributed by atoms with Gasteiger partial charge in [0.1, 0.15) is 0 Å². The van der Waals surface area contributed by atoms with Crippen LogP contribution in [-0.4, -0.2) is 66.6 Å². The molecule has 0 amide bonds. The Bertz CT molecular complexity index is 708. The summed E-state index contributed by atoms with van der Waals surface area (Å²) < 4.78 is 0. The van der Waals surface area contributed by atoms with Crippen molar-refractivity contribution in [2.24, 2.45) is 0 Å². The lowest BCUT2D eigenvalue weighted by Gasteiger charge is -2.43. The fourth-order valence-electron chi connectivity index (χ4n) is 4.59. The molecule has 2 aliphatic heterocycles. The number of hydrogen-bond donors (Lipinski definition) is 0.